The Balaban J connectivity index is 2.48. The van der Waals surface area contributed by atoms with Gasteiger partial charge in [0, 0.05) is 5.56 Å². The molecule has 102 valence electrons. The zero-order valence-corrected chi connectivity index (χ0v) is 10.8. The molecule has 1 aromatic heterocycles. The van der Waals surface area contributed by atoms with Crippen molar-refractivity contribution in [3.63, 3.8) is 0 Å². The summed E-state index contributed by atoms with van der Waals surface area (Å²) in [5, 5.41) is 35.9. The molecule has 7 heteroatoms. The molecule has 0 aliphatic heterocycles. The Labute approximate surface area is 114 Å². The summed E-state index contributed by atoms with van der Waals surface area (Å²) in [5.41, 5.74) is 1.59. The summed E-state index contributed by atoms with van der Waals surface area (Å²) >= 11 is 6.12. The molecule has 0 bridgehead atoms. The lowest BCUT2D eigenvalue weighted by molar-refractivity contribution is 0.0782. The number of benzene rings is 1. The first-order chi connectivity index (χ1) is 9.17. The zero-order chi connectivity index (χ0) is 13.8. The Bertz CT molecular complexity index is 559. The molecule has 3 N–H and O–H groups in total. The molecule has 0 aliphatic carbocycles. The number of hydrogen-bond acceptors (Lipinski definition) is 5. The lowest BCUT2D eigenvalue weighted by Crippen LogP contribution is -2.21. The van der Waals surface area contributed by atoms with Crippen LogP contribution in [0.2, 0.25) is 5.02 Å². The van der Waals surface area contributed by atoms with Gasteiger partial charge in [-0.1, -0.05) is 35.0 Å². The van der Waals surface area contributed by atoms with Crippen LogP contribution in [-0.2, 0) is 13.2 Å². The predicted octanol–water partition coefficient (Wildman–Crippen LogP) is 0.444. The number of aliphatic hydroxyl groups excluding tert-OH is 3. The van der Waals surface area contributed by atoms with Crippen molar-refractivity contribution in [1.82, 2.24) is 15.0 Å². The minimum atomic E-state index is -0.950. The first-order valence-corrected chi connectivity index (χ1v) is 6.12. The molecular formula is C12H14ClN3O3. The lowest BCUT2D eigenvalue weighted by atomic mass is 10.1. The zero-order valence-electron chi connectivity index (χ0n) is 10.1. The van der Waals surface area contributed by atoms with Gasteiger partial charge in [-0.3, -0.25) is 0 Å². The Morgan fingerprint density at radius 2 is 2.00 bits per heavy atom. The van der Waals surface area contributed by atoms with Gasteiger partial charge in [0.15, 0.2) is 0 Å². The molecule has 0 amide bonds. The summed E-state index contributed by atoms with van der Waals surface area (Å²) < 4.78 is 1.42. The number of hydrogen-bond donors (Lipinski definition) is 3. The molecule has 1 heterocycles. The predicted molar refractivity (Wildman–Crippen MR) is 69.5 cm³/mol. The molecule has 0 saturated carbocycles. The van der Waals surface area contributed by atoms with E-state index in [2.05, 4.69) is 10.3 Å². The van der Waals surface area contributed by atoms with E-state index in [1.807, 2.05) is 6.07 Å². The van der Waals surface area contributed by atoms with Crippen LogP contribution in [0.25, 0.3) is 11.3 Å². The van der Waals surface area contributed by atoms with E-state index in [-0.39, 0.29) is 19.8 Å². The van der Waals surface area contributed by atoms with Crippen LogP contribution in [0.5, 0.6) is 0 Å². The van der Waals surface area contributed by atoms with Crippen LogP contribution < -0.4 is 0 Å². The molecule has 1 atom stereocenters. The molecule has 0 saturated heterocycles. The van der Waals surface area contributed by atoms with E-state index in [1.54, 1.807) is 18.2 Å². The van der Waals surface area contributed by atoms with E-state index >= 15 is 0 Å². The highest BCUT2D eigenvalue weighted by atomic mass is 35.5. The molecule has 0 spiro atoms. The maximum atomic E-state index is 9.50. The summed E-state index contributed by atoms with van der Waals surface area (Å²) in [4.78, 5) is 0. The summed E-state index contributed by atoms with van der Waals surface area (Å²) in [6.45, 7) is -0.587. The average molecular weight is 284 g/mol. The fourth-order valence-electron chi connectivity index (χ4n) is 1.79. The highest BCUT2D eigenvalue weighted by Gasteiger charge is 2.18. The second-order valence-electron chi connectivity index (χ2n) is 4.04. The van der Waals surface area contributed by atoms with Crippen molar-refractivity contribution in [2.75, 3.05) is 6.61 Å². The smallest absolute Gasteiger partial charge is 0.116 e. The first kappa shape index (κ1) is 14.0. The summed E-state index contributed by atoms with van der Waals surface area (Å²) in [6, 6.07) is 7.10. The van der Waals surface area contributed by atoms with E-state index < -0.39 is 6.10 Å². The summed E-state index contributed by atoms with van der Waals surface area (Å²) in [6.07, 6.45) is -0.950. The van der Waals surface area contributed by atoms with Crippen LogP contribution in [0.15, 0.2) is 24.3 Å². The number of aliphatic hydroxyl groups is 3. The monoisotopic (exact) mass is 283 g/mol. The third kappa shape index (κ3) is 2.93. The van der Waals surface area contributed by atoms with Crippen molar-refractivity contribution in [3.8, 4) is 11.3 Å². The van der Waals surface area contributed by atoms with Crippen molar-refractivity contribution in [1.29, 1.82) is 0 Å². The van der Waals surface area contributed by atoms with Gasteiger partial charge in [-0.15, -0.1) is 5.10 Å². The maximum Gasteiger partial charge on any atom is 0.116 e. The largest absolute Gasteiger partial charge is 0.394 e. The maximum absolute atomic E-state index is 9.50. The van der Waals surface area contributed by atoms with Gasteiger partial charge in [0.2, 0.25) is 0 Å². The number of aromatic nitrogens is 3. The average Bonchev–Trinajstić information content (AvgIpc) is 2.82. The Morgan fingerprint density at radius 1 is 1.26 bits per heavy atom. The van der Waals surface area contributed by atoms with Gasteiger partial charge in [-0.05, 0) is 6.07 Å². The fraction of sp³-hybridized carbons (Fsp3) is 0.333. The topological polar surface area (TPSA) is 91.4 Å². The highest BCUT2D eigenvalue weighted by Crippen LogP contribution is 2.29. The summed E-state index contributed by atoms with van der Waals surface area (Å²) in [5.74, 6) is 0. The number of rotatable bonds is 5. The van der Waals surface area contributed by atoms with Crippen molar-refractivity contribution >= 4 is 11.6 Å². The molecule has 2 aromatic rings. The van der Waals surface area contributed by atoms with Crippen molar-refractivity contribution in [3.05, 3.63) is 35.0 Å². The third-order valence-corrected chi connectivity index (χ3v) is 3.01. The Hall–Kier alpha value is -1.47. The SMILES string of the molecule is OCc1nnn(CC(O)CO)c1-c1ccccc1Cl. The van der Waals surface area contributed by atoms with Crippen molar-refractivity contribution in [2.24, 2.45) is 0 Å². The van der Waals surface area contributed by atoms with Gasteiger partial charge < -0.3 is 15.3 Å². The standard InChI is InChI=1S/C12H14ClN3O3/c13-10-4-2-1-3-9(10)12-11(7-18)14-15-16(12)5-8(19)6-17/h1-4,8,17-19H,5-7H2. The van der Waals surface area contributed by atoms with Crippen LogP contribution in [-0.4, -0.2) is 43.0 Å². The second kappa shape index (κ2) is 6.12. The third-order valence-electron chi connectivity index (χ3n) is 2.68. The van der Waals surface area contributed by atoms with Gasteiger partial charge in [0.1, 0.15) is 5.69 Å². The quantitative estimate of drug-likeness (QED) is 0.741. The van der Waals surface area contributed by atoms with Gasteiger partial charge in [-0.25, -0.2) is 4.68 Å². The number of nitrogens with zero attached hydrogens (tertiary/aromatic N) is 3. The molecule has 1 aromatic carbocycles. The fourth-order valence-corrected chi connectivity index (χ4v) is 2.01. The van der Waals surface area contributed by atoms with Gasteiger partial charge in [0.05, 0.1) is 36.6 Å². The van der Waals surface area contributed by atoms with Crippen LogP contribution in [0.4, 0.5) is 0 Å². The lowest BCUT2D eigenvalue weighted by Gasteiger charge is -2.11. The van der Waals surface area contributed by atoms with Gasteiger partial charge in [0.25, 0.3) is 0 Å². The summed E-state index contributed by atoms with van der Waals surface area (Å²) in [7, 11) is 0. The van der Waals surface area contributed by atoms with Crippen molar-refractivity contribution < 1.29 is 15.3 Å². The number of halogens is 1. The van der Waals surface area contributed by atoms with Crippen LogP contribution >= 0.6 is 11.6 Å². The molecule has 0 aliphatic rings. The van der Waals surface area contributed by atoms with E-state index in [1.165, 1.54) is 4.68 Å². The van der Waals surface area contributed by atoms with Crippen LogP contribution in [0.3, 0.4) is 0 Å². The van der Waals surface area contributed by atoms with E-state index in [9.17, 15) is 10.2 Å². The molecule has 0 radical (unpaired) electrons. The van der Waals surface area contributed by atoms with Gasteiger partial charge in [-0.2, -0.15) is 0 Å². The normalized spacial score (nSPS) is 12.6. The molecular weight excluding hydrogens is 270 g/mol. The van der Waals surface area contributed by atoms with E-state index in [0.29, 0.717) is 22.0 Å². The first-order valence-electron chi connectivity index (χ1n) is 5.74. The second-order valence-corrected chi connectivity index (χ2v) is 4.45. The van der Waals surface area contributed by atoms with Crippen molar-refractivity contribution in [2.45, 2.75) is 19.3 Å². The van der Waals surface area contributed by atoms with Gasteiger partial charge >= 0.3 is 0 Å². The van der Waals surface area contributed by atoms with E-state index in [0.717, 1.165) is 0 Å². The Kier molecular flexibility index (Phi) is 4.49. The molecule has 2 rings (SSSR count). The highest BCUT2D eigenvalue weighted by molar-refractivity contribution is 6.33. The molecule has 6 nitrogen and oxygen atoms in total. The Morgan fingerprint density at radius 3 is 2.63 bits per heavy atom. The molecule has 19 heavy (non-hydrogen) atoms. The minimum Gasteiger partial charge on any atom is -0.394 e. The molecule has 0 fully saturated rings. The minimum absolute atomic E-state index is 0.0735. The molecule has 1 unspecified atom stereocenters. The van der Waals surface area contributed by atoms with E-state index in [4.69, 9.17) is 16.7 Å². The van der Waals surface area contributed by atoms with Crippen LogP contribution in [0, 0.1) is 0 Å². The van der Waals surface area contributed by atoms with Crippen LogP contribution in [0.1, 0.15) is 5.69 Å².